The smallest absolute Gasteiger partial charge is 0.374 e. The summed E-state index contributed by atoms with van der Waals surface area (Å²) < 4.78 is 0. The van der Waals surface area contributed by atoms with Gasteiger partial charge in [-0.15, -0.1) is 0 Å². The maximum atomic E-state index is 13.3. The Morgan fingerprint density at radius 3 is 1.87 bits per heavy atom. The molecule has 0 unspecified atom stereocenters. The van der Waals surface area contributed by atoms with Crippen LogP contribution in [0.3, 0.4) is 0 Å². The number of carboxylic acids is 1. The third-order valence-corrected chi connectivity index (χ3v) is 6.84. The molecule has 0 radical (unpaired) electrons. The molecule has 0 spiro atoms. The molecular weight excluding hydrogens is 480 g/mol. The first kappa shape index (κ1) is 26.8. The average Bonchev–Trinajstić information content (AvgIpc) is 3.21. The predicted molar refractivity (Wildman–Crippen MR) is 144 cm³/mol. The van der Waals surface area contributed by atoms with Gasteiger partial charge in [-0.3, -0.25) is 14.4 Å². The van der Waals surface area contributed by atoms with E-state index in [0.29, 0.717) is 6.42 Å². The zero-order chi connectivity index (χ0) is 27.2. The molecule has 3 N–H and O–H groups in total. The number of fused-ring (bicyclic) bond motifs is 3. The maximum absolute atomic E-state index is 13.3. The fraction of sp³-hybridized carbons (Fsp3) is 0.290. The highest BCUT2D eigenvalue weighted by atomic mass is 16.4. The van der Waals surface area contributed by atoms with Crippen molar-refractivity contribution < 1.29 is 24.3 Å². The third-order valence-electron chi connectivity index (χ3n) is 6.84. The van der Waals surface area contributed by atoms with Gasteiger partial charge in [-0.1, -0.05) is 92.7 Å². The van der Waals surface area contributed by atoms with Crippen molar-refractivity contribution in [3.8, 4) is 11.1 Å². The monoisotopic (exact) mass is 512 g/mol. The molecule has 1 aliphatic rings. The predicted octanol–water partition coefficient (Wildman–Crippen LogP) is 4.10. The van der Waals surface area contributed by atoms with Crippen LogP contribution in [0.5, 0.6) is 0 Å². The lowest BCUT2D eigenvalue weighted by atomic mass is 9.93. The fourth-order valence-corrected chi connectivity index (χ4v) is 5.10. The van der Waals surface area contributed by atoms with Crippen LogP contribution in [0.25, 0.3) is 11.1 Å². The van der Waals surface area contributed by atoms with Crippen molar-refractivity contribution in [2.45, 2.75) is 51.1 Å². The van der Waals surface area contributed by atoms with Crippen LogP contribution in [0.1, 0.15) is 49.3 Å². The number of aliphatic carboxylic acids is 1. The fourth-order valence-electron chi connectivity index (χ4n) is 5.10. The molecular formula is C31H32N2O5. The third kappa shape index (κ3) is 6.17. The van der Waals surface area contributed by atoms with E-state index >= 15 is 0 Å². The molecule has 0 aliphatic heterocycles. The van der Waals surface area contributed by atoms with Crippen LogP contribution < -0.4 is 10.6 Å². The van der Waals surface area contributed by atoms with Crippen LogP contribution in [0.15, 0.2) is 78.9 Å². The van der Waals surface area contributed by atoms with Gasteiger partial charge in [-0.25, -0.2) is 4.79 Å². The Morgan fingerprint density at radius 1 is 0.763 bits per heavy atom. The highest BCUT2D eigenvalue weighted by Crippen LogP contribution is 2.46. The second-order valence-corrected chi connectivity index (χ2v) is 10.1. The van der Waals surface area contributed by atoms with E-state index in [1.165, 1.54) is 0 Å². The molecule has 7 heteroatoms. The number of hydrogen-bond acceptors (Lipinski definition) is 4. The first-order valence-electron chi connectivity index (χ1n) is 12.8. The lowest BCUT2D eigenvalue weighted by molar-refractivity contribution is -0.150. The van der Waals surface area contributed by atoms with E-state index in [4.69, 9.17) is 0 Å². The number of nitrogens with one attached hydrogen (secondary N) is 2. The average molecular weight is 513 g/mol. The van der Waals surface area contributed by atoms with Gasteiger partial charge in [0.2, 0.25) is 11.8 Å². The van der Waals surface area contributed by atoms with E-state index in [1.807, 2.05) is 68.4 Å². The SMILES string of the molecule is CC(C)C[C@H](NC(=O)CC1c2ccccc2-c2ccccc21)C(=O)N[C@@H](Cc1ccccc1)C(=O)C(=O)O. The molecule has 0 fully saturated rings. The lowest BCUT2D eigenvalue weighted by Gasteiger charge is -2.24. The van der Waals surface area contributed by atoms with Gasteiger partial charge >= 0.3 is 5.97 Å². The van der Waals surface area contributed by atoms with Crippen molar-refractivity contribution in [3.63, 3.8) is 0 Å². The van der Waals surface area contributed by atoms with Crippen LogP contribution in [0.2, 0.25) is 0 Å². The summed E-state index contributed by atoms with van der Waals surface area (Å²) in [4.78, 5) is 50.5. The summed E-state index contributed by atoms with van der Waals surface area (Å²) in [6.45, 7) is 3.86. The van der Waals surface area contributed by atoms with Crippen molar-refractivity contribution in [2.75, 3.05) is 0 Å². The molecule has 0 saturated carbocycles. The summed E-state index contributed by atoms with van der Waals surface area (Å²) in [6.07, 6.45) is 0.543. The molecule has 3 aromatic carbocycles. The molecule has 0 bridgehead atoms. The van der Waals surface area contributed by atoms with Crippen LogP contribution >= 0.6 is 0 Å². The molecule has 4 rings (SSSR count). The van der Waals surface area contributed by atoms with Gasteiger partial charge in [-0.2, -0.15) is 0 Å². The van der Waals surface area contributed by atoms with Gasteiger partial charge in [0.1, 0.15) is 12.1 Å². The molecule has 2 amide bonds. The number of carboxylic acid groups (broad SMARTS) is 1. The highest BCUT2D eigenvalue weighted by Gasteiger charge is 2.33. The maximum Gasteiger partial charge on any atom is 0.374 e. The van der Waals surface area contributed by atoms with Crippen LogP contribution in [0.4, 0.5) is 0 Å². The Labute approximate surface area is 222 Å². The molecule has 1 aliphatic carbocycles. The van der Waals surface area contributed by atoms with Crippen molar-refractivity contribution in [1.29, 1.82) is 0 Å². The quantitative estimate of drug-likeness (QED) is 0.335. The minimum absolute atomic E-state index is 0.0374. The van der Waals surface area contributed by atoms with Gasteiger partial charge in [0, 0.05) is 18.8 Å². The number of carbonyl (C=O) groups is 4. The molecule has 3 aromatic rings. The highest BCUT2D eigenvalue weighted by molar-refractivity contribution is 6.35. The number of carbonyl (C=O) groups excluding carboxylic acids is 3. The Bertz CT molecular complexity index is 1290. The van der Waals surface area contributed by atoms with E-state index in [2.05, 4.69) is 10.6 Å². The summed E-state index contributed by atoms with van der Waals surface area (Å²) in [5.74, 6) is -3.64. The number of rotatable bonds is 11. The van der Waals surface area contributed by atoms with Gasteiger partial charge in [0.25, 0.3) is 5.78 Å². The molecule has 38 heavy (non-hydrogen) atoms. The second-order valence-electron chi connectivity index (χ2n) is 10.1. The van der Waals surface area contributed by atoms with Gasteiger partial charge in [-0.05, 0) is 40.2 Å². The van der Waals surface area contributed by atoms with Crippen molar-refractivity contribution in [1.82, 2.24) is 10.6 Å². The number of ketones is 1. The van der Waals surface area contributed by atoms with Crippen molar-refractivity contribution in [3.05, 3.63) is 95.6 Å². The van der Waals surface area contributed by atoms with Crippen LogP contribution in [-0.2, 0) is 25.6 Å². The summed E-state index contributed by atoms with van der Waals surface area (Å²) in [7, 11) is 0. The summed E-state index contributed by atoms with van der Waals surface area (Å²) in [5, 5.41) is 14.8. The van der Waals surface area contributed by atoms with E-state index in [1.54, 1.807) is 24.3 Å². The molecule has 0 heterocycles. The number of hydrogen-bond donors (Lipinski definition) is 3. The Morgan fingerprint density at radius 2 is 1.32 bits per heavy atom. The van der Waals surface area contributed by atoms with Crippen molar-refractivity contribution >= 4 is 23.6 Å². The summed E-state index contributed by atoms with van der Waals surface area (Å²) in [5.41, 5.74) is 5.07. The van der Waals surface area contributed by atoms with Gasteiger partial charge < -0.3 is 15.7 Å². The van der Waals surface area contributed by atoms with Crippen LogP contribution in [-0.4, -0.2) is 40.8 Å². The Balaban J connectivity index is 1.50. The molecule has 0 saturated heterocycles. The van der Waals surface area contributed by atoms with E-state index in [9.17, 15) is 24.3 Å². The zero-order valence-electron chi connectivity index (χ0n) is 21.5. The standard InChI is InChI=1S/C31H32N2O5/c1-19(2)16-27(30(36)33-26(29(35)31(37)38)17-20-10-4-3-5-11-20)32-28(34)18-25-23-14-8-6-12-21(23)22-13-7-9-15-24(22)25/h3-15,19,25-27H,16-18H2,1-2H3,(H,32,34)(H,33,36)(H,37,38)/t26-,27-/m0/s1. The molecule has 7 nitrogen and oxygen atoms in total. The largest absolute Gasteiger partial charge is 0.475 e. The van der Waals surface area contributed by atoms with Gasteiger partial charge in [0.15, 0.2) is 0 Å². The number of Topliss-reactive ketones (excluding diaryl/α,β-unsaturated/α-hetero) is 1. The van der Waals surface area contributed by atoms with E-state index in [0.717, 1.165) is 27.8 Å². The minimum Gasteiger partial charge on any atom is -0.475 e. The Hall–Kier alpha value is -4.26. The zero-order valence-corrected chi connectivity index (χ0v) is 21.5. The first-order chi connectivity index (χ1) is 18.2. The van der Waals surface area contributed by atoms with Gasteiger partial charge in [0.05, 0.1) is 0 Å². The summed E-state index contributed by atoms with van der Waals surface area (Å²) in [6, 6.07) is 22.8. The lowest BCUT2D eigenvalue weighted by Crippen LogP contribution is -2.53. The first-order valence-corrected chi connectivity index (χ1v) is 12.8. The van der Waals surface area contributed by atoms with Crippen molar-refractivity contribution in [2.24, 2.45) is 5.92 Å². The Kier molecular flexibility index (Phi) is 8.36. The van der Waals surface area contributed by atoms with Crippen LogP contribution in [0, 0.1) is 5.92 Å². The molecule has 196 valence electrons. The van der Waals surface area contributed by atoms with E-state index in [-0.39, 0.29) is 30.6 Å². The second kappa shape index (κ2) is 11.9. The minimum atomic E-state index is -1.62. The molecule has 0 aromatic heterocycles. The summed E-state index contributed by atoms with van der Waals surface area (Å²) >= 11 is 0. The molecule has 2 atom stereocenters. The van der Waals surface area contributed by atoms with E-state index < -0.39 is 29.7 Å². The normalized spacial score (nSPS) is 13.8. The number of amides is 2. The topological polar surface area (TPSA) is 113 Å². The number of benzene rings is 3.